The number of hydrogen-bond donors (Lipinski definition) is 2. The zero-order valence-corrected chi connectivity index (χ0v) is 14.3. The average molecular weight is 379 g/mol. The van der Waals surface area contributed by atoms with Crippen molar-refractivity contribution >= 4 is 22.5 Å². The third-order valence-corrected chi connectivity index (χ3v) is 3.82. The number of H-pyrrole nitrogens is 1. The molecule has 1 aromatic heterocycles. The second-order valence-corrected chi connectivity index (χ2v) is 5.64. The molecule has 0 fully saturated rings. The molecule has 0 radical (unpaired) electrons. The van der Waals surface area contributed by atoms with Crippen molar-refractivity contribution in [3.8, 4) is 5.75 Å². The number of carbonyl (C=O) groups excluding carboxylic acids is 1. The number of methoxy groups -OCH3 is 1. The molecule has 0 unspecified atom stereocenters. The van der Waals surface area contributed by atoms with E-state index in [1.807, 2.05) is 0 Å². The Morgan fingerprint density at radius 3 is 2.78 bits per heavy atom. The molecule has 2 N–H and O–H groups in total. The zero-order chi connectivity index (χ0) is 19.4. The number of rotatable bonds is 6. The minimum atomic E-state index is -4.55. The Hall–Kier alpha value is -3.07. The molecular formula is C18H16F3N3O3. The topological polar surface area (TPSA) is 76.2 Å². The fraction of sp³-hybridized carbons (Fsp3) is 0.222. The summed E-state index contributed by atoms with van der Waals surface area (Å²) in [5.74, 6) is -0.467. The third-order valence-electron chi connectivity index (χ3n) is 3.82. The van der Waals surface area contributed by atoms with E-state index in [9.17, 15) is 18.0 Å². The van der Waals surface area contributed by atoms with Gasteiger partial charge in [-0.15, -0.1) is 0 Å². The van der Waals surface area contributed by atoms with E-state index >= 15 is 0 Å². The van der Waals surface area contributed by atoms with Crippen LogP contribution in [0.5, 0.6) is 5.75 Å². The second kappa shape index (κ2) is 7.67. The summed E-state index contributed by atoms with van der Waals surface area (Å²) in [5, 5.41) is 9.79. The fourth-order valence-electron chi connectivity index (χ4n) is 2.51. The number of amides is 1. The molecule has 6 nitrogen and oxygen atoms in total. The van der Waals surface area contributed by atoms with Crippen LogP contribution in [0.3, 0.4) is 0 Å². The quantitative estimate of drug-likeness (QED) is 0.638. The van der Waals surface area contributed by atoms with Crippen LogP contribution < -0.4 is 10.1 Å². The minimum absolute atomic E-state index is 0.0811. The van der Waals surface area contributed by atoms with Gasteiger partial charge in [-0.1, -0.05) is 12.1 Å². The smallest absolute Gasteiger partial charge is 0.416 e. The molecule has 0 bridgehead atoms. The standard InChI is InChI=1S/C18H16F3N3O3/c1-26-7-8-27-15-6-5-12(18(19,20)21)9-14(15)23-17(25)13-4-2-3-11-10-22-24-16(11)13/h2-6,9-10H,7-8H2,1H3,(H,22,24)(H,23,25). The number of aromatic nitrogens is 2. The highest BCUT2D eigenvalue weighted by Crippen LogP contribution is 2.35. The van der Waals surface area contributed by atoms with Crippen LogP contribution in [0, 0.1) is 0 Å². The second-order valence-electron chi connectivity index (χ2n) is 5.64. The number of fused-ring (bicyclic) bond motifs is 1. The molecule has 1 heterocycles. The lowest BCUT2D eigenvalue weighted by molar-refractivity contribution is -0.137. The monoisotopic (exact) mass is 379 g/mol. The summed E-state index contributed by atoms with van der Waals surface area (Å²) in [4.78, 5) is 12.6. The van der Waals surface area contributed by atoms with Crippen molar-refractivity contribution in [3.05, 3.63) is 53.7 Å². The summed E-state index contributed by atoms with van der Waals surface area (Å²) in [6, 6.07) is 7.88. The summed E-state index contributed by atoms with van der Waals surface area (Å²) < 4.78 is 49.4. The number of ether oxygens (including phenoxy) is 2. The summed E-state index contributed by atoms with van der Waals surface area (Å²) >= 11 is 0. The van der Waals surface area contributed by atoms with Gasteiger partial charge in [-0.05, 0) is 24.3 Å². The number of para-hydroxylation sites is 1. The van der Waals surface area contributed by atoms with Gasteiger partial charge in [-0.2, -0.15) is 18.3 Å². The maximum Gasteiger partial charge on any atom is 0.416 e. The number of alkyl halides is 3. The van der Waals surface area contributed by atoms with Gasteiger partial charge < -0.3 is 14.8 Å². The van der Waals surface area contributed by atoms with Gasteiger partial charge >= 0.3 is 6.18 Å². The van der Waals surface area contributed by atoms with Crippen molar-refractivity contribution in [3.63, 3.8) is 0 Å². The van der Waals surface area contributed by atoms with E-state index in [-0.39, 0.29) is 30.2 Å². The number of nitrogens with zero attached hydrogens (tertiary/aromatic N) is 1. The Balaban J connectivity index is 1.93. The highest BCUT2D eigenvalue weighted by atomic mass is 19.4. The number of nitrogens with one attached hydrogen (secondary N) is 2. The van der Waals surface area contributed by atoms with Gasteiger partial charge in [0.05, 0.1) is 35.1 Å². The van der Waals surface area contributed by atoms with Gasteiger partial charge in [0.25, 0.3) is 5.91 Å². The van der Waals surface area contributed by atoms with E-state index in [0.717, 1.165) is 12.1 Å². The lowest BCUT2D eigenvalue weighted by Crippen LogP contribution is -2.15. The van der Waals surface area contributed by atoms with Crippen LogP contribution in [0.4, 0.5) is 18.9 Å². The summed E-state index contributed by atoms with van der Waals surface area (Å²) in [6.07, 6.45) is -3.00. The molecule has 0 saturated heterocycles. The highest BCUT2D eigenvalue weighted by molar-refractivity contribution is 6.12. The molecule has 27 heavy (non-hydrogen) atoms. The Kier molecular flexibility index (Phi) is 5.31. The van der Waals surface area contributed by atoms with Crippen molar-refractivity contribution in [2.45, 2.75) is 6.18 Å². The summed E-state index contributed by atoms with van der Waals surface area (Å²) in [6.45, 7) is 0.378. The van der Waals surface area contributed by atoms with Crippen LogP contribution >= 0.6 is 0 Å². The molecular weight excluding hydrogens is 363 g/mol. The number of halogens is 3. The predicted molar refractivity (Wildman–Crippen MR) is 92.9 cm³/mol. The van der Waals surface area contributed by atoms with Gasteiger partial charge in [-0.3, -0.25) is 9.89 Å². The van der Waals surface area contributed by atoms with E-state index in [2.05, 4.69) is 15.5 Å². The number of aromatic amines is 1. The number of hydrogen-bond acceptors (Lipinski definition) is 4. The van der Waals surface area contributed by atoms with Gasteiger partial charge in [-0.25, -0.2) is 0 Å². The first-order valence-corrected chi connectivity index (χ1v) is 7.96. The third kappa shape index (κ3) is 4.20. The molecule has 3 aromatic rings. The van der Waals surface area contributed by atoms with Gasteiger partial charge in [0, 0.05) is 12.5 Å². The van der Waals surface area contributed by atoms with E-state index in [4.69, 9.17) is 9.47 Å². The maximum atomic E-state index is 13.0. The zero-order valence-electron chi connectivity index (χ0n) is 14.3. The normalized spacial score (nSPS) is 11.6. The number of carbonyl (C=O) groups is 1. The van der Waals surface area contributed by atoms with Crippen LogP contribution in [0.2, 0.25) is 0 Å². The highest BCUT2D eigenvalue weighted by Gasteiger charge is 2.31. The van der Waals surface area contributed by atoms with Crippen LogP contribution in [0.25, 0.3) is 10.9 Å². The van der Waals surface area contributed by atoms with Crippen molar-refractivity contribution in [2.24, 2.45) is 0 Å². The molecule has 0 spiro atoms. The molecule has 0 saturated carbocycles. The SMILES string of the molecule is COCCOc1ccc(C(F)(F)F)cc1NC(=O)c1cccc2cn[nH]c12. The largest absolute Gasteiger partial charge is 0.489 e. The van der Waals surface area contributed by atoms with E-state index in [1.165, 1.54) is 13.2 Å². The fourth-order valence-corrected chi connectivity index (χ4v) is 2.51. The summed E-state index contributed by atoms with van der Waals surface area (Å²) in [5.41, 5.74) is -0.229. The van der Waals surface area contributed by atoms with Crippen molar-refractivity contribution < 1.29 is 27.4 Å². The lowest BCUT2D eigenvalue weighted by atomic mass is 10.1. The Morgan fingerprint density at radius 1 is 1.22 bits per heavy atom. The molecule has 2 aromatic carbocycles. The van der Waals surface area contributed by atoms with Gasteiger partial charge in [0.15, 0.2) is 0 Å². The molecule has 142 valence electrons. The van der Waals surface area contributed by atoms with Crippen LogP contribution in [-0.4, -0.2) is 36.4 Å². The van der Waals surface area contributed by atoms with Crippen molar-refractivity contribution in [1.82, 2.24) is 10.2 Å². The molecule has 9 heteroatoms. The van der Waals surface area contributed by atoms with E-state index in [1.54, 1.807) is 24.4 Å². The summed E-state index contributed by atoms with van der Waals surface area (Å²) in [7, 11) is 1.48. The lowest BCUT2D eigenvalue weighted by Gasteiger charge is -2.15. The van der Waals surface area contributed by atoms with Crippen LogP contribution in [0.15, 0.2) is 42.6 Å². The Morgan fingerprint density at radius 2 is 2.04 bits per heavy atom. The van der Waals surface area contributed by atoms with Gasteiger partial charge in [0.2, 0.25) is 0 Å². The van der Waals surface area contributed by atoms with E-state index < -0.39 is 17.6 Å². The predicted octanol–water partition coefficient (Wildman–Crippen LogP) is 3.86. The molecule has 0 aliphatic rings. The number of anilines is 1. The molecule has 0 atom stereocenters. The molecule has 0 aliphatic carbocycles. The van der Waals surface area contributed by atoms with E-state index in [0.29, 0.717) is 10.9 Å². The molecule has 3 rings (SSSR count). The van der Waals surface area contributed by atoms with Crippen molar-refractivity contribution in [2.75, 3.05) is 25.6 Å². The molecule has 1 amide bonds. The first-order chi connectivity index (χ1) is 12.9. The minimum Gasteiger partial charge on any atom is -0.489 e. The first-order valence-electron chi connectivity index (χ1n) is 7.96. The molecule has 0 aliphatic heterocycles. The van der Waals surface area contributed by atoms with Crippen LogP contribution in [-0.2, 0) is 10.9 Å². The van der Waals surface area contributed by atoms with Gasteiger partial charge in [0.1, 0.15) is 12.4 Å². The van der Waals surface area contributed by atoms with Crippen molar-refractivity contribution in [1.29, 1.82) is 0 Å². The maximum absolute atomic E-state index is 13.0. The van der Waals surface area contributed by atoms with Crippen LogP contribution in [0.1, 0.15) is 15.9 Å². The average Bonchev–Trinajstić information content (AvgIpc) is 3.10. The Labute approximate surface area is 152 Å². The number of benzene rings is 2. The Bertz CT molecular complexity index is 954. The first kappa shape index (κ1) is 18.7.